The number of amides is 1. The quantitative estimate of drug-likeness (QED) is 0.529. The van der Waals surface area contributed by atoms with Gasteiger partial charge >= 0.3 is 6.36 Å². The fourth-order valence-corrected chi connectivity index (χ4v) is 3.76. The van der Waals surface area contributed by atoms with Gasteiger partial charge in [-0.2, -0.15) is 4.68 Å². The molecule has 0 aliphatic rings. The average Bonchev–Trinajstić information content (AvgIpc) is 3.15. The normalized spacial score (nSPS) is 12.4. The van der Waals surface area contributed by atoms with E-state index in [1.807, 2.05) is 30.5 Å². The molecule has 1 heterocycles. The molecule has 0 aliphatic carbocycles. The van der Waals surface area contributed by atoms with Crippen molar-refractivity contribution in [3.8, 4) is 11.4 Å². The first-order valence-corrected chi connectivity index (χ1v) is 10.6. The Morgan fingerprint density at radius 2 is 1.87 bits per heavy atom. The van der Waals surface area contributed by atoms with Gasteiger partial charge in [0, 0.05) is 4.90 Å². The molecule has 0 aliphatic heterocycles. The van der Waals surface area contributed by atoms with Gasteiger partial charge in [-0.3, -0.25) is 4.79 Å². The van der Waals surface area contributed by atoms with Crippen LogP contribution < -0.4 is 10.1 Å². The number of para-hydroxylation sites is 1. The second-order valence-electron chi connectivity index (χ2n) is 5.86. The standard InChI is InChI=1S/C18H16F3N5O2S2/c1-11(16(27)22-14-5-3-4-6-15(14)29-2)30-17-23-24-25-26(17)12-7-9-13(10-8-12)28-18(19,20)21/h3-11H,1-2H3,(H,22,27). The third kappa shape index (κ3) is 5.66. The highest BCUT2D eigenvalue weighted by atomic mass is 32.2. The predicted molar refractivity (Wildman–Crippen MR) is 108 cm³/mol. The van der Waals surface area contributed by atoms with Gasteiger partial charge in [0.1, 0.15) is 5.75 Å². The summed E-state index contributed by atoms with van der Waals surface area (Å²) < 4.78 is 42.1. The second-order valence-corrected chi connectivity index (χ2v) is 8.02. The molecule has 1 aromatic heterocycles. The van der Waals surface area contributed by atoms with Gasteiger partial charge < -0.3 is 10.1 Å². The number of carbonyl (C=O) groups is 1. The van der Waals surface area contributed by atoms with E-state index in [4.69, 9.17) is 0 Å². The molecule has 3 aromatic rings. The van der Waals surface area contributed by atoms with Crippen molar-refractivity contribution in [1.29, 1.82) is 0 Å². The van der Waals surface area contributed by atoms with Gasteiger partial charge in [-0.15, -0.1) is 30.0 Å². The van der Waals surface area contributed by atoms with Gasteiger partial charge in [-0.25, -0.2) is 0 Å². The van der Waals surface area contributed by atoms with Crippen LogP contribution in [0.1, 0.15) is 6.92 Å². The summed E-state index contributed by atoms with van der Waals surface area (Å²) in [4.78, 5) is 13.5. The molecular formula is C18H16F3N5O2S2. The van der Waals surface area contributed by atoms with E-state index in [0.717, 1.165) is 28.8 Å². The summed E-state index contributed by atoms with van der Waals surface area (Å²) in [6.45, 7) is 1.71. The summed E-state index contributed by atoms with van der Waals surface area (Å²) >= 11 is 2.64. The molecule has 30 heavy (non-hydrogen) atoms. The maximum Gasteiger partial charge on any atom is 0.573 e. The Bertz CT molecular complexity index is 1010. The molecule has 0 bridgehead atoms. The van der Waals surface area contributed by atoms with E-state index in [1.165, 1.54) is 28.6 Å². The van der Waals surface area contributed by atoms with Crippen molar-refractivity contribution < 1.29 is 22.7 Å². The molecule has 7 nitrogen and oxygen atoms in total. The molecule has 0 saturated heterocycles. The molecule has 2 aromatic carbocycles. The molecule has 0 saturated carbocycles. The van der Waals surface area contributed by atoms with Crippen molar-refractivity contribution in [3.63, 3.8) is 0 Å². The monoisotopic (exact) mass is 455 g/mol. The number of nitrogens with one attached hydrogen (secondary N) is 1. The van der Waals surface area contributed by atoms with Crippen LogP contribution in [0, 0.1) is 0 Å². The number of rotatable bonds is 7. The lowest BCUT2D eigenvalue weighted by Crippen LogP contribution is -2.23. The van der Waals surface area contributed by atoms with Crippen molar-refractivity contribution in [2.75, 3.05) is 11.6 Å². The number of hydrogen-bond donors (Lipinski definition) is 1. The smallest absolute Gasteiger partial charge is 0.406 e. The third-order valence-corrected chi connectivity index (χ3v) is 5.60. The summed E-state index contributed by atoms with van der Waals surface area (Å²) in [6, 6.07) is 12.5. The van der Waals surface area contributed by atoms with Crippen LogP contribution in [0.25, 0.3) is 5.69 Å². The second kappa shape index (κ2) is 9.39. The Morgan fingerprint density at radius 3 is 2.53 bits per heavy atom. The molecule has 0 fully saturated rings. The summed E-state index contributed by atoms with van der Waals surface area (Å²) in [5.41, 5.74) is 1.14. The van der Waals surface area contributed by atoms with Gasteiger partial charge in [0.05, 0.1) is 16.6 Å². The minimum absolute atomic E-state index is 0.232. The Balaban J connectivity index is 1.70. The van der Waals surface area contributed by atoms with E-state index in [9.17, 15) is 18.0 Å². The number of tetrazole rings is 1. The summed E-state index contributed by atoms with van der Waals surface area (Å²) in [5.74, 6) is -0.585. The molecular weight excluding hydrogens is 439 g/mol. The van der Waals surface area contributed by atoms with Crippen LogP contribution in [-0.2, 0) is 4.79 Å². The van der Waals surface area contributed by atoms with Crippen molar-refractivity contribution >= 4 is 35.1 Å². The highest BCUT2D eigenvalue weighted by Gasteiger charge is 2.31. The number of carbonyl (C=O) groups excluding carboxylic acids is 1. The van der Waals surface area contributed by atoms with E-state index in [1.54, 1.807) is 6.92 Å². The maximum atomic E-state index is 12.6. The number of alkyl halides is 3. The van der Waals surface area contributed by atoms with Crippen LogP contribution in [0.2, 0.25) is 0 Å². The maximum absolute atomic E-state index is 12.6. The van der Waals surface area contributed by atoms with E-state index >= 15 is 0 Å². The number of ether oxygens (including phenoxy) is 1. The molecule has 1 atom stereocenters. The van der Waals surface area contributed by atoms with Gasteiger partial charge in [-0.1, -0.05) is 23.9 Å². The number of benzene rings is 2. The number of nitrogens with zero attached hydrogens (tertiary/aromatic N) is 4. The first-order chi connectivity index (χ1) is 14.3. The van der Waals surface area contributed by atoms with Gasteiger partial charge in [0.2, 0.25) is 11.1 Å². The zero-order valence-corrected chi connectivity index (χ0v) is 17.4. The van der Waals surface area contributed by atoms with Crippen molar-refractivity contribution in [3.05, 3.63) is 48.5 Å². The van der Waals surface area contributed by atoms with E-state index in [0.29, 0.717) is 16.5 Å². The Hall–Kier alpha value is -2.73. The highest BCUT2D eigenvalue weighted by molar-refractivity contribution is 8.00. The summed E-state index contributed by atoms with van der Waals surface area (Å²) in [6.07, 6.45) is -2.85. The summed E-state index contributed by atoms with van der Waals surface area (Å²) in [5, 5.41) is 14.0. The third-order valence-electron chi connectivity index (χ3n) is 3.77. The van der Waals surface area contributed by atoms with Crippen LogP contribution in [0.4, 0.5) is 18.9 Å². The van der Waals surface area contributed by atoms with Gasteiger partial charge in [0.15, 0.2) is 0 Å². The fraction of sp³-hybridized carbons (Fsp3) is 0.222. The van der Waals surface area contributed by atoms with E-state index < -0.39 is 11.6 Å². The van der Waals surface area contributed by atoms with Crippen molar-refractivity contribution in [1.82, 2.24) is 20.2 Å². The van der Waals surface area contributed by atoms with Crippen LogP contribution in [0.3, 0.4) is 0 Å². The molecule has 1 N–H and O–H groups in total. The first kappa shape index (κ1) is 22.0. The Kier molecular flexibility index (Phi) is 6.87. The molecule has 1 unspecified atom stereocenters. The van der Waals surface area contributed by atoms with E-state index in [2.05, 4.69) is 25.6 Å². The Labute approximate surface area is 178 Å². The number of aromatic nitrogens is 4. The van der Waals surface area contributed by atoms with Crippen LogP contribution in [0.15, 0.2) is 58.6 Å². The van der Waals surface area contributed by atoms with Crippen molar-refractivity contribution in [2.45, 2.75) is 28.6 Å². The lowest BCUT2D eigenvalue weighted by Gasteiger charge is -2.14. The molecule has 3 rings (SSSR count). The minimum atomic E-state index is -4.77. The SMILES string of the molecule is CSc1ccccc1NC(=O)C(C)Sc1nnnn1-c1ccc(OC(F)(F)F)cc1. The zero-order chi connectivity index (χ0) is 21.7. The van der Waals surface area contributed by atoms with E-state index in [-0.39, 0.29) is 11.7 Å². The molecule has 0 radical (unpaired) electrons. The highest BCUT2D eigenvalue weighted by Crippen LogP contribution is 2.28. The lowest BCUT2D eigenvalue weighted by atomic mass is 10.3. The van der Waals surface area contributed by atoms with Crippen LogP contribution in [-0.4, -0.2) is 44.0 Å². The topological polar surface area (TPSA) is 81.9 Å². The predicted octanol–water partition coefficient (Wildman–Crippen LogP) is 4.40. The first-order valence-electron chi connectivity index (χ1n) is 8.52. The average molecular weight is 455 g/mol. The Morgan fingerprint density at radius 1 is 1.17 bits per heavy atom. The molecule has 0 spiro atoms. The number of anilines is 1. The van der Waals surface area contributed by atoms with Gasteiger partial charge in [-0.05, 0) is 60.0 Å². The minimum Gasteiger partial charge on any atom is -0.406 e. The van der Waals surface area contributed by atoms with Gasteiger partial charge in [0.25, 0.3) is 0 Å². The lowest BCUT2D eigenvalue weighted by molar-refractivity contribution is -0.274. The largest absolute Gasteiger partial charge is 0.573 e. The zero-order valence-electron chi connectivity index (χ0n) is 15.8. The molecule has 158 valence electrons. The van der Waals surface area contributed by atoms with Crippen LogP contribution in [0.5, 0.6) is 5.75 Å². The van der Waals surface area contributed by atoms with Crippen LogP contribution >= 0.6 is 23.5 Å². The summed E-state index contributed by atoms with van der Waals surface area (Å²) in [7, 11) is 0. The van der Waals surface area contributed by atoms with Crippen molar-refractivity contribution in [2.24, 2.45) is 0 Å². The molecule has 12 heteroatoms. The number of halogens is 3. The molecule has 1 amide bonds. The number of thioether (sulfide) groups is 2. The fourth-order valence-electron chi connectivity index (χ4n) is 2.40. The number of hydrogen-bond acceptors (Lipinski definition) is 7.